The van der Waals surface area contributed by atoms with Crippen LogP contribution in [0.4, 0.5) is 5.13 Å². The van der Waals surface area contributed by atoms with Crippen molar-refractivity contribution in [3.63, 3.8) is 0 Å². The molecule has 1 saturated heterocycles. The zero-order valence-electron chi connectivity index (χ0n) is 19.7. The normalized spacial score (nSPS) is 18.0. The molecule has 0 aliphatic carbocycles. The Hall–Kier alpha value is -4.37. The predicted molar refractivity (Wildman–Crippen MR) is 129 cm³/mol. The minimum Gasteiger partial charge on any atom is -0.478 e. The van der Waals surface area contributed by atoms with Crippen LogP contribution in [0.5, 0.6) is 0 Å². The zero-order valence-corrected chi connectivity index (χ0v) is 21.4. The molecular formula is C17H23N11O8S2. The first-order chi connectivity index (χ1) is 17.6. The molecule has 2 aromatic rings. The van der Waals surface area contributed by atoms with E-state index in [1.807, 2.05) is 0 Å². The molecule has 1 aliphatic rings. The summed E-state index contributed by atoms with van der Waals surface area (Å²) in [6.45, 7) is 2.01. The van der Waals surface area contributed by atoms with Gasteiger partial charge in [0.25, 0.3) is 11.8 Å². The number of β-lactam (4-membered cyclic amide) rings is 1. The lowest BCUT2D eigenvalue weighted by Gasteiger charge is -2.43. The maximum absolute atomic E-state index is 13.1. The molecule has 0 bridgehead atoms. The molecular weight excluding hydrogens is 550 g/mol. The molecule has 21 heteroatoms. The lowest BCUT2D eigenvalue weighted by Crippen LogP contribution is -2.73. The summed E-state index contributed by atoms with van der Waals surface area (Å²) in [4.78, 5) is 49.9. The van der Waals surface area contributed by atoms with Gasteiger partial charge < -0.3 is 32.0 Å². The van der Waals surface area contributed by atoms with E-state index in [2.05, 4.69) is 30.9 Å². The van der Waals surface area contributed by atoms with Gasteiger partial charge in [-0.05, 0) is 13.8 Å². The minimum atomic E-state index is -5.01. The number of aliphatic carboxylic acids is 1. The van der Waals surface area contributed by atoms with Gasteiger partial charge >= 0.3 is 16.3 Å². The molecule has 1 fully saturated rings. The number of nitrogens with zero attached hydrogens (tertiary/aromatic N) is 6. The number of carbonyl (C=O) groups excluding carboxylic acids is 2. The third-order valence-corrected chi connectivity index (χ3v) is 6.58. The van der Waals surface area contributed by atoms with Crippen LogP contribution < -0.4 is 22.1 Å². The monoisotopic (exact) mass is 573 g/mol. The molecule has 0 spiro atoms. The van der Waals surface area contributed by atoms with Crippen molar-refractivity contribution < 1.29 is 37.3 Å². The molecule has 206 valence electrons. The van der Waals surface area contributed by atoms with Gasteiger partial charge in [0.05, 0.1) is 19.1 Å². The highest BCUT2D eigenvalue weighted by atomic mass is 32.2. The summed E-state index contributed by atoms with van der Waals surface area (Å²) in [7, 11) is -5.01. The van der Waals surface area contributed by atoms with Gasteiger partial charge in [0.15, 0.2) is 22.6 Å². The lowest BCUT2D eigenvalue weighted by molar-refractivity contribution is -0.161. The van der Waals surface area contributed by atoms with Crippen molar-refractivity contribution in [3.8, 4) is 0 Å². The summed E-state index contributed by atoms with van der Waals surface area (Å²) in [6.07, 6.45) is 1.20. The average Bonchev–Trinajstić information content (AvgIpc) is 3.43. The summed E-state index contributed by atoms with van der Waals surface area (Å²) in [5.41, 5.74) is 8.34. The van der Waals surface area contributed by atoms with Crippen LogP contribution in [0, 0.1) is 5.41 Å². The topological polar surface area (TPSA) is 294 Å². The highest BCUT2D eigenvalue weighted by Crippen LogP contribution is 2.25. The number of hydrogen-bond donors (Lipinski definition) is 7. The van der Waals surface area contributed by atoms with Crippen molar-refractivity contribution in [2.75, 3.05) is 5.73 Å². The van der Waals surface area contributed by atoms with Gasteiger partial charge in [-0.15, -0.1) is 11.3 Å². The second-order valence-electron chi connectivity index (χ2n) is 8.20. The van der Waals surface area contributed by atoms with E-state index in [0.717, 1.165) is 16.0 Å². The first-order valence-corrected chi connectivity index (χ1v) is 12.7. The number of amides is 2. The number of carboxylic acids is 1. The molecule has 0 aromatic carbocycles. The van der Waals surface area contributed by atoms with E-state index >= 15 is 0 Å². The van der Waals surface area contributed by atoms with Gasteiger partial charge in [0.1, 0.15) is 18.1 Å². The molecule has 19 nitrogen and oxygen atoms in total. The molecule has 1 aliphatic heterocycles. The Bertz CT molecular complexity index is 1400. The number of nitrogen functional groups attached to an aromatic ring is 1. The van der Waals surface area contributed by atoms with E-state index < -0.39 is 51.5 Å². The van der Waals surface area contributed by atoms with Crippen LogP contribution in [-0.4, -0.2) is 89.3 Å². The fourth-order valence-corrected chi connectivity index (χ4v) is 4.44. The van der Waals surface area contributed by atoms with Gasteiger partial charge in [-0.2, -0.15) is 13.5 Å². The van der Waals surface area contributed by atoms with Gasteiger partial charge in [-0.1, -0.05) is 5.16 Å². The van der Waals surface area contributed by atoms with Crippen LogP contribution in [0.2, 0.25) is 0 Å². The number of thiazole rings is 1. The van der Waals surface area contributed by atoms with Crippen LogP contribution >= 0.6 is 11.3 Å². The second kappa shape index (κ2) is 10.5. The molecule has 0 saturated carbocycles. The molecule has 0 radical (unpaired) electrons. The summed E-state index contributed by atoms with van der Waals surface area (Å²) in [5, 5.41) is 30.2. The average molecular weight is 574 g/mol. The van der Waals surface area contributed by atoms with Crippen molar-refractivity contribution in [3.05, 3.63) is 23.2 Å². The molecule has 3 rings (SSSR count). The minimum absolute atomic E-state index is 0.0165. The number of rotatable bonds is 11. The molecule has 9 N–H and O–H groups in total. The summed E-state index contributed by atoms with van der Waals surface area (Å²) >= 11 is 0.945. The predicted octanol–water partition coefficient (Wildman–Crippen LogP) is -2.92. The number of anilines is 1. The number of carbonyl (C=O) groups is 3. The highest BCUT2D eigenvalue weighted by molar-refractivity contribution is 7.84. The fraction of sp³-hybridized carbons (Fsp3) is 0.412. The Labute approximate surface area is 218 Å². The lowest BCUT2D eigenvalue weighted by atomic mass is 9.98. The van der Waals surface area contributed by atoms with Crippen LogP contribution in [0.15, 0.2) is 16.9 Å². The number of nitrogens with two attached hydrogens (primary N) is 2. The standard InChI is InChI=1S/C17H23N11O8S2/c1-17(2,14(31)32)36-26-10(7-5-37-16(20)23-7)12(29)24-11-8(28(13(11)30)38(33,34)35)4-27-6-22-9(25-27)3-21-15(18)19/h5-6,8,11H,3-4H2,1-2H3,(H2,20,23)(H,24,29)(H,31,32)(H4,18,19,21)(H,33,34,35)/t8-,11-/m0/s1. The fourth-order valence-electron chi connectivity index (χ4n) is 3.02. The largest absolute Gasteiger partial charge is 0.478 e. The van der Waals surface area contributed by atoms with Gasteiger partial charge in [-0.25, -0.2) is 19.1 Å². The summed E-state index contributed by atoms with van der Waals surface area (Å²) in [5.74, 6) is -3.77. The number of carboxylic acid groups (broad SMARTS) is 1. The van der Waals surface area contributed by atoms with Crippen molar-refractivity contribution in [1.29, 1.82) is 5.41 Å². The molecule has 0 unspecified atom stereocenters. The van der Waals surface area contributed by atoms with Gasteiger partial charge in [-0.3, -0.25) is 24.2 Å². The molecule has 2 atom stereocenters. The van der Waals surface area contributed by atoms with Crippen LogP contribution in [-0.2, 0) is 42.6 Å². The maximum atomic E-state index is 13.1. The van der Waals surface area contributed by atoms with Crippen molar-refractivity contribution in [1.82, 2.24) is 34.7 Å². The smallest absolute Gasteiger partial charge is 0.362 e. The molecule has 2 aromatic heterocycles. The quantitative estimate of drug-likeness (QED) is 0.0466. The zero-order chi connectivity index (χ0) is 28.4. The van der Waals surface area contributed by atoms with Crippen molar-refractivity contribution >= 4 is 56.2 Å². The van der Waals surface area contributed by atoms with Crippen molar-refractivity contribution in [2.24, 2.45) is 10.9 Å². The third-order valence-electron chi connectivity index (χ3n) is 4.96. The van der Waals surface area contributed by atoms with E-state index in [4.69, 9.17) is 21.7 Å². The third kappa shape index (κ3) is 6.30. The number of aromatic nitrogens is 4. The van der Waals surface area contributed by atoms with E-state index in [9.17, 15) is 32.5 Å². The summed E-state index contributed by atoms with van der Waals surface area (Å²) < 4.78 is 34.5. The Morgan fingerprint density at radius 3 is 2.63 bits per heavy atom. The first-order valence-electron chi connectivity index (χ1n) is 10.4. The van der Waals surface area contributed by atoms with Crippen LogP contribution in [0.3, 0.4) is 0 Å². The number of guanidine groups is 1. The van der Waals surface area contributed by atoms with E-state index in [1.165, 1.54) is 25.6 Å². The van der Waals surface area contributed by atoms with Crippen LogP contribution in [0.25, 0.3) is 0 Å². The van der Waals surface area contributed by atoms with Gasteiger partial charge in [0, 0.05) is 5.38 Å². The highest BCUT2D eigenvalue weighted by Gasteiger charge is 2.54. The van der Waals surface area contributed by atoms with E-state index in [1.54, 1.807) is 0 Å². The van der Waals surface area contributed by atoms with Crippen LogP contribution in [0.1, 0.15) is 25.4 Å². The van der Waals surface area contributed by atoms with E-state index in [-0.39, 0.29) is 40.0 Å². The SMILES string of the molecule is CC(C)(ON=C(C(=O)N[C@@H]1C(=O)N(S(=O)(=O)O)[C@H]1Cn1cnc(CNC(=N)N)n1)c1csc(N)n1)C(=O)O. The first kappa shape index (κ1) is 28.2. The Balaban J connectivity index is 1.85. The molecule has 2 amide bonds. The Morgan fingerprint density at radius 2 is 2.08 bits per heavy atom. The second-order valence-corrected chi connectivity index (χ2v) is 10.4. The Kier molecular flexibility index (Phi) is 7.83. The number of hydrogen-bond acceptors (Lipinski definition) is 13. The molecule has 3 heterocycles. The van der Waals surface area contributed by atoms with E-state index in [0.29, 0.717) is 0 Å². The van der Waals surface area contributed by atoms with Gasteiger partial charge in [0.2, 0.25) is 5.60 Å². The number of oxime groups is 1. The number of nitrogens with one attached hydrogen (secondary N) is 3. The molecule has 38 heavy (non-hydrogen) atoms. The summed E-state index contributed by atoms with van der Waals surface area (Å²) in [6, 6.07) is -2.82. The Morgan fingerprint density at radius 1 is 1.39 bits per heavy atom. The van der Waals surface area contributed by atoms with Crippen molar-refractivity contribution in [2.45, 2.75) is 44.6 Å². The maximum Gasteiger partial charge on any atom is 0.362 e.